The van der Waals surface area contributed by atoms with E-state index >= 15 is 0 Å². The second-order valence-corrected chi connectivity index (χ2v) is 4.42. The standard InChI is InChI=1S/C12H14O12/c13-7(14)1-5(11(19)20)2-9(17)24-10(18)3-6(12(21)22)23-4-8(15)16/h5-6H,1-4H2,(H,13,14)(H,15,16)(H,19,20)(H,21,22). The molecular formula is C12H14O12. The van der Waals surface area contributed by atoms with Crippen LogP contribution in [0, 0.1) is 5.92 Å². The van der Waals surface area contributed by atoms with Gasteiger partial charge < -0.3 is 29.9 Å². The van der Waals surface area contributed by atoms with Crippen LogP contribution < -0.4 is 0 Å². The molecule has 0 aromatic carbocycles. The second kappa shape index (κ2) is 9.89. The van der Waals surface area contributed by atoms with Gasteiger partial charge in [0.15, 0.2) is 6.10 Å². The highest BCUT2D eigenvalue weighted by Gasteiger charge is 2.28. The van der Waals surface area contributed by atoms with Gasteiger partial charge in [0.2, 0.25) is 0 Å². The van der Waals surface area contributed by atoms with E-state index in [-0.39, 0.29) is 0 Å². The number of ether oxygens (including phenoxy) is 2. The Kier molecular flexibility index (Phi) is 8.64. The van der Waals surface area contributed by atoms with Gasteiger partial charge in [-0.05, 0) is 0 Å². The van der Waals surface area contributed by atoms with Crippen molar-refractivity contribution in [2.75, 3.05) is 6.61 Å². The molecule has 0 aromatic rings. The third kappa shape index (κ3) is 9.09. The fourth-order valence-electron chi connectivity index (χ4n) is 1.41. The van der Waals surface area contributed by atoms with Crippen molar-refractivity contribution in [1.29, 1.82) is 0 Å². The minimum absolute atomic E-state index is 0.877. The molecule has 2 atom stereocenters. The fourth-order valence-corrected chi connectivity index (χ4v) is 1.41. The van der Waals surface area contributed by atoms with Crippen LogP contribution in [0.15, 0.2) is 0 Å². The van der Waals surface area contributed by atoms with Gasteiger partial charge in [0.25, 0.3) is 0 Å². The molecule has 0 rings (SSSR count). The number of aliphatic carboxylic acids is 4. The average Bonchev–Trinajstić information content (AvgIpc) is 2.41. The van der Waals surface area contributed by atoms with Crippen molar-refractivity contribution in [3.05, 3.63) is 0 Å². The Morgan fingerprint density at radius 1 is 0.708 bits per heavy atom. The van der Waals surface area contributed by atoms with Crippen LogP contribution in [0.25, 0.3) is 0 Å². The Bertz CT molecular complexity index is 536. The van der Waals surface area contributed by atoms with Crippen LogP contribution in [0.3, 0.4) is 0 Å². The predicted molar refractivity (Wildman–Crippen MR) is 68.7 cm³/mol. The molecule has 0 aromatic heterocycles. The molecule has 12 nitrogen and oxygen atoms in total. The van der Waals surface area contributed by atoms with Gasteiger partial charge in [0.05, 0.1) is 25.2 Å². The highest BCUT2D eigenvalue weighted by Crippen LogP contribution is 2.11. The van der Waals surface area contributed by atoms with Gasteiger partial charge in [-0.3, -0.25) is 19.2 Å². The van der Waals surface area contributed by atoms with Crippen LogP contribution in [-0.4, -0.2) is 69.0 Å². The van der Waals surface area contributed by atoms with Crippen LogP contribution in [-0.2, 0) is 38.2 Å². The van der Waals surface area contributed by atoms with Gasteiger partial charge in [-0.2, -0.15) is 0 Å². The molecular weight excluding hydrogens is 336 g/mol. The van der Waals surface area contributed by atoms with Gasteiger partial charge >= 0.3 is 35.8 Å². The van der Waals surface area contributed by atoms with E-state index in [1.165, 1.54) is 0 Å². The van der Waals surface area contributed by atoms with E-state index in [1.54, 1.807) is 0 Å². The minimum Gasteiger partial charge on any atom is -0.481 e. The number of carboxylic acids is 4. The molecule has 0 radical (unpaired) electrons. The molecule has 0 saturated heterocycles. The van der Waals surface area contributed by atoms with Crippen LogP contribution >= 0.6 is 0 Å². The summed E-state index contributed by atoms with van der Waals surface area (Å²) in [6.45, 7) is -1.00. The van der Waals surface area contributed by atoms with Crippen molar-refractivity contribution in [1.82, 2.24) is 0 Å². The summed E-state index contributed by atoms with van der Waals surface area (Å²) in [6, 6.07) is 0. The van der Waals surface area contributed by atoms with Crippen LogP contribution in [0.5, 0.6) is 0 Å². The second-order valence-electron chi connectivity index (χ2n) is 4.42. The quantitative estimate of drug-likeness (QED) is 0.250. The third-order valence-electron chi connectivity index (χ3n) is 2.45. The molecule has 134 valence electrons. The molecule has 0 fully saturated rings. The van der Waals surface area contributed by atoms with Crippen molar-refractivity contribution in [2.45, 2.75) is 25.4 Å². The Hall–Kier alpha value is -3.02. The molecule has 0 aliphatic rings. The molecule has 0 bridgehead atoms. The number of carbonyl (C=O) groups excluding carboxylic acids is 2. The lowest BCUT2D eigenvalue weighted by Crippen LogP contribution is -2.31. The van der Waals surface area contributed by atoms with Gasteiger partial charge in [0.1, 0.15) is 6.61 Å². The Morgan fingerprint density at radius 2 is 1.25 bits per heavy atom. The lowest BCUT2D eigenvalue weighted by Gasteiger charge is -2.12. The lowest BCUT2D eigenvalue weighted by atomic mass is 10.0. The van der Waals surface area contributed by atoms with Crippen molar-refractivity contribution in [2.24, 2.45) is 5.92 Å². The van der Waals surface area contributed by atoms with Crippen LogP contribution in [0.4, 0.5) is 0 Å². The molecule has 12 heteroatoms. The summed E-state index contributed by atoms with van der Waals surface area (Å²) in [7, 11) is 0. The Morgan fingerprint density at radius 3 is 1.67 bits per heavy atom. The zero-order valence-electron chi connectivity index (χ0n) is 12.0. The smallest absolute Gasteiger partial charge is 0.333 e. The number of carbonyl (C=O) groups is 6. The summed E-state index contributed by atoms with van der Waals surface area (Å²) in [5, 5.41) is 34.3. The number of carboxylic acid groups (broad SMARTS) is 4. The molecule has 24 heavy (non-hydrogen) atoms. The molecule has 0 aliphatic carbocycles. The topological polar surface area (TPSA) is 202 Å². The zero-order valence-corrected chi connectivity index (χ0v) is 12.0. The summed E-state index contributed by atoms with van der Waals surface area (Å²) in [6.07, 6.45) is -4.67. The van der Waals surface area contributed by atoms with Gasteiger partial charge in [-0.25, -0.2) is 9.59 Å². The summed E-state index contributed by atoms with van der Waals surface area (Å²) in [4.78, 5) is 65.0. The van der Waals surface area contributed by atoms with E-state index in [0.717, 1.165) is 0 Å². The number of esters is 2. The Labute approximate surface area is 133 Å². The van der Waals surface area contributed by atoms with E-state index in [0.29, 0.717) is 0 Å². The van der Waals surface area contributed by atoms with Crippen LogP contribution in [0.2, 0.25) is 0 Å². The number of rotatable bonds is 11. The normalized spacial score (nSPS) is 12.7. The highest BCUT2D eigenvalue weighted by molar-refractivity contribution is 5.90. The van der Waals surface area contributed by atoms with Gasteiger partial charge in [-0.1, -0.05) is 0 Å². The van der Waals surface area contributed by atoms with Crippen molar-refractivity contribution < 1.29 is 58.7 Å². The van der Waals surface area contributed by atoms with E-state index in [4.69, 9.17) is 20.4 Å². The highest BCUT2D eigenvalue weighted by atomic mass is 16.6. The zero-order chi connectivity index (χ0) is 18.9. The van der Waals surface area contributed by atoms with Crippen molar-refractivity contribution >= 4 is 35.8 Å². The molecule has 0 amide bonds. The monoisotopic (exact) mass is 350 g/mol. The number of hydrogen-bond donors (Lipinski definition) is 4. The molecule has 4 N–H and O–H groups in total. The van der Waals surface area contributed by atoms with E-state index in [9.17, 15) is 28.8 Å². The van der Waals surface area contributed by atoms with Crippen LogP contribution in [0.1, 0.15) is 19.3 Å². The van der Waals surface area contributed by atoms with Gasteiger partial charge in [0, 0.05) is 0 Å². The summed E-state index contributed by atoms with van der Waals surface area (Å²) < 4.78 is 8.58. The molecule has 0 heterocycles. The minimum atomic E-state index is -1.88. The summed E-state index contributed by atoms with van der Waals surface area (Å²) in [5.41, 5.74) is 0. The van der Waals surface area contributed by atoms with Crippen molar-refractivity contribution in [3.63, 3.8) is 0 Å². The first-order valence-corrected chi connectivity index (χ1v) is 6.27. The predicted octanol–water partition coefficient (Wildman–Crippen LogP) is -1.43. The first kappa shape index (κ1) is 21.0. The molecule has 2 unspecified atom stereocenters. The first-order chi connectivity index (χ1) is 11.0. The van der Waals surface area contributed by atoms with E-state index < -0.39 is 73.7 Å². The average molecular weight is 350 g/mol. The third-order valence-corrected chi connectivity index (χ3v) is 2.45. The maximum absolute atomic E-state index is 11.4. The van der Waals surface area contributed by atoms with E-state index in [2.05, 4.69) is 9.47 Å². The van der Waals surface area contributed by atoms with Crippen molar-refractivity contribution in [3.8, 4) is 0 Å². The molecule has 0 saturated carbocycles. The Balaban J connectivity index is 4.58. The fraction of sp³-hybridized carbons (Fsp3) is 0.500. The maximum atomic E-state index is 11.4. The largest absolute Gasteiger partial charge is 0.481 e. The lowest BCUT2D eigenvalue weighted by molar-refractivity contribution is -0.169. The summed E-state index contributed by atoms with van der Waals surface area (Å²) >= 11 is 0. The SMILES string of the molecule is O=C(O)COC(CC(=O)OC(=O)CC(CC(=O)O)C(=O)O)C(=O)O. The van der Waals surface area contributed by atoms with E-state index in [1.807, 2.05) is 0 Å². The maximum Gasteiger partial charge on any atom is 0.333 e. The molecule has 0 spiro atoms. The number of hydrogen-bond acceptors (Lipinski definition) is 8. The first-order valence-electron chi connectivity index (χ1n) is 6.27. The molecule has 0 aliphatic heterocycles. The summed E-state index contributed by atoms with van der Waals surface area (Å²) in [5.74, 6) is -10.6. The van der Waals surface area contributed by atoms with Gasteiger partial charge in [-0.15, -0.1) is 0 Å².